The first-order valence-corrected chi connectivity index (χ1v) is 9.66. The van der Waals surface area contributed by atoms with Crippen molar-refractivity contribution in [2.75, 3.05) is 28.6 Å². The van der Waals surface area contributed by atoms with E-state index in [1.54, 1.807) is 6.07 Å². The lowest BCUT2D eigenvalue weighted by molar-refractivity contribution is -0.384. The normalized spacial score (nSPS) is 14.3. The second-order valence-corrected chi connectivity index (χ2v) is 7.46. The zero-order valence-corrected chi connectivity index (χ0v) is 16.8. The quantitative estimate of drug-likeness (QED) is 0.564. The monoisotopic (exact) mass is 414 g/mol. The number of benzene rings is 2. The van der Waals surface area contributed by atoms with Crippen LogP contribution in [0, 0.1) is 21.8 Å². The standard InChI is InChI=1S/C21H23FN4O4/c1-13-7-9-25(10-8-13)19-6-3-15(11-20(19)26(29)30)21(28)24-18-12-16(23-14(2)27)4-5-17(18)22/h3-6,11-13H,7-10H2,1-2H3,(H,23,27)(H,24,28). The molecular weight excluding hydrogens is 391 g/mol. The Bertz CT molecular complexity index is 987. The molecule has 3 rings (SSSR count). The Hall–Kier alpha value is -3.49. The number of carbonyl (C=O) groups is 2. The fourth-order valence-corrected chi connectivity index (χ4v) is 3.42. The maximum atomic E-state index is 14.1. The molecule has 2 aromatic rings. The van der Waals surface area contributed by atoms with E-state index in [1.807, 2.05) is 4.90 Å². The van der Waals surface area contributed by atoms with Gasteiger partial charge in [-0.2, -0.15) is 0 Å². The van der Waals surface area contributed by atoms with Gasteiger partial charge in [-0.25, -0.2) is 4.39 Å². The first-order chi connectivity index (χ1) is 14.2. The van der Waals surface area contributed by atoms with Crippen LogP contribution < -0.4 is 15.5 Å². The Labute approximate surface area is 173 Å². The van der Waals surface area contributed by atoms with Gasteiger partial charge in [-0.05, 0) is 49.1 Å². The van der Waals surface area contributed by atoms with Crippen LogP contribution in [0.5, 0.6) is 0 Å². The first kappa shape index (κ1) is 21.2. The number of halogens is 1. The summed E-state index contributed by atoms with van der Waals surface area (Å²) >= 11 is 0. The summed E-state index contributed by atoms with van der Waals surface area (Å²) in [4.78, 5) is 36.8. The summed E-state index contributed by atoms with van der Waals surface area (Å²) in [6.07, 6.45) is 1.90. The minimum atomic E-state index is -0.689. The van der Waals surface area contributed by atoms with E-state index in [4.69, 9.17) is 0 Å². The van der Waals surface area contributed by atoms with Gasteiger partial charge in [0.1, 0.15) is 11.5 Å². The van der Waals surface area contributed by atoms with Crippen molar-refractivity contribution >= 4 is 34.6 Å². The average Bonchev–Trinajstić information content (AvgIpc) is 2.70. The van der Waals surface area contributed by atoms with Crippen LogP contribution >= 0.6 is 0 Å². The topological polar surface area (TPSA) is 105 Å². The highest BCUT2D eigenvalue weighted by Gasteiger charge is 2.25. The van der Waals surface area contributed by atoms with Gasteiger partial charge in [0, 0.05) is 37.3 Å². The lowest BCUT2D eigenvalue weighted by Gasteiger charge is -2.31. The summed E-state index contributed by atoms with van der Waals surface area (Å²) in [6.45, 7) is 4.90. The van der Waals surface area contributed by atoms with Gasteiger partial charge in [-0.15, -0.1) is 0 Å². The van der Waals surface area contributed by atoms with Crippen molar-refractivity contribution in [3.63, 3.8) is 0 Å². The lowest BCUT2D eigenvalue weighted by atomic mass is 9.98. The van der Waals surface area contributed by atoms with Crippen LogP contribution in [0.1, 0.15) is 37.0 Å². The average molecular weight is 414 g/mol. The van der Waals surface area contributed by atoms with E-state index in [1.165, 1.54) is 31.2 Å². The molecule has 0 unspecified atom stereocenters. The number of anilines is 3. The predicted octanol–water partition coefficient (Wildman–Crippen LogP) is 4.18. The number of hydrogen-bond donors (Lipinski definition) is 2. The molecule has 9 heteroatoms. The van der Waals surface area contributed by atoms with Gasteiger partial charge in [-0.3, -0.25) is 19.7 Å². The summed E-state index contributed by atoms with van der Waals surface area (Å²) in [6, 6.07) is 8.03. The van der Waals surface area contributed by atoms with Crippen LogP contribution in [0.15, 0.2) is 36.4 Å². The third kappa shape index (κ3) is 4.91. The van der Waals surface area contributed by atoms with Crippen molar-refractivity contribution in [1.29, 1.82) is 0 Å². The smallest absolute Gasteiger partial charge is 0.293 e. The molecule has 30 heavy (non-hydrogen) atoms. The Kier molecular flexibility index (Phi) is 6.29. The van der Waals surface area contributed by atoms with Crippen molar-refractivity contribution in [3.05, 3.63) is 57.9 Å². The highest BCUT2D eigenvalue weighted by Crippen LogP contribution is 2.32. The Morgan fingerprint density at radius 1 is 1.13 bits per heavy atom. The number of nitro benzene ring substituents is 1. The van der Waals surface area contributed by atoms with Gasteiger partial charge in [0.05, 0.1) is 10.6 Å². The molecule has 1 heterocycles. The molecule has 1 aliphatic rings. The summed E-state index contributed by atoms with van der Waals surface area (Å²) in [5.41, 5.74) is 0.537. The molecule has 0 bridgehead atoms. The summed E-state index contributed by atoms with van der Waals surface area (Å²) in [5, 5.41) is 16.5. The van der Waals surface area contributed by atoms with E-state index in [-0.39, 0.29) is 22.8 Å². The number of piperidine rings is 1. The second-order valence-electron chi connectivity index (χ2n) is 7.46. The SMILES string of the molecule is CC(=O)Nc1ccc(F)c(NC(=O)c2ccc(N3CCC(C)CC3)c([N+](=O)[O-])c2)c1. The molecule has 8 nitrogen and oxygen atoms in total. The lowest BCUT2D eigenvalue weighted by Crippen LogP contribution is -2.33. The van der Waals surface area contributed by atoms with E-state index in [0.717, 1.165) is 18.9 Å². The zero-order chi connectivity index (χ0) is 21.8. The van der Waals surface area contributed by atoms with Gasteiger partial charge in [0.2, 0.25) is 5.91 Å². The molecule has 0 saturated carbocycles. The fourth-order valence-electron chi connectivity index (χ4n) is 3.42. The van der Waals surface area contributed by atoms with E-state index in [2.05, 4.69) is 17.6 Å². The third-order valence-corrected chi connectivity index (χ3v) is 5.09. The molecule has 158 valence electrons. The molecule has 0 spiro atoms. The van der Waals surface area contributed by atoms with Crippen LogP contribution in [0.4, 0.5) is 27.1 Å². The number of amides is 2. The van der Waals surface area contributed by atoms with Crippen molar-refractivity contribution < 1.29 is 18.9 Å². The second kappa shape index (κ2) is 8.89. The number of nitro groups is 1. The number of hydrogen-bond acceptors (Lipinski definition) is 5. The van der Waals surface area contributed by atoms with Gasteiger partial charge in [0.15, 0.2) is 0 Å². The van der Waals surface area contributed by atoms with Crippen molar-refractivity contribution in [2.45, 2.75) is 26.7 Å². The maximum absolute atomic E-state index is 14.1. The molecule has 2 aromatic carbocycles. The molecule has 0 aliphatic carbocycles. The molecule has 1 aliphatic heterocycles. The van der Waals surface area contributed by atoms with Crippen LogP contribution in [-0.4, -0.2) is 29.8 Å². The number of nitrogens with one attached hydrogen (secondary N) is 2. The summed E-state index contributed by atoms with van der Waals surface area (Å²) < 4.78 is 14.1. The molecule has 0 aromatic heterocycles. The fraction of sp³-hybridized carbons (Fsp3) is 0.333. The number of nitrogens with zero attached hydrogens (tertiary/aromatic N) is 2. The van der Waals surface area contributed by atoms with Gasteiger partial charge in [0.25, 0.3) is 11.6 Å². The molecule has 0 radical (unpaired) electrons. The van der Waals surface area contributed by atoms with E-state index in [0.29, 0.717) is 30.4 Å². The van der Waals surface area contributed by atoms with Gasteiger partial charge >= 0.3 is 0 Å². The van der Waals surface area contributed by atoms with Crippen LogP contribution in [0.25, 0.3) is 0 Å². The zero-order valence-electron chi connectivity index (χ0n) is 16.8. The van der Waals surface area contributed by atoms with Crippen LogP contribution in [0.3, 0.4) is 0 Å². The van der Waals surface area contributed by atoms with Gasteiger partial charge < -0.3 is 15.5 Å². The summed E-state index contributed by atoms with van der Waals surface area (Å²) in [5.74, 6) is -1.13. The predicted molar refractivity (Wildman–Crippen MR) is 112 cm³/mol. The molecule has 2 amide bonds. The first-order valence-electron chi connectivity index (χ1n) is 9.66. The molecule has 1 fully saturated rings. The van der Waals surface area contributed by atoms with Crippen molar-refractivity contribution in [2.24, 2.45) is 5.92 Å². The highest BCUT2D eigenvalue weighted by molar-refractivity contribution is 6.05. The minimum absolute atomic E-state index is 0.0418. The van der Waals surface area contributed by atoms with E-state index < -0.39 is 16.6 Å². The Morgan fingerprint density at radius 3 is 2.47 bits per heavy atom. The Balaban J connectivity index is 1.84. The highest BCUT2D eigenvalue weighted by atomic mass is 19.1. The molecular formula is C21H23FN4O4. The van der Waals surface area contributed by atoms with Gasteiger partial charge in [-0.1, -0.05) is 6.92 Å². The van der Waals surface area contributed by atoms with E-state index in [9.17, 15) is 24.1 Å². The van der Waals surface area contributed by atoms with Crippen LogP contribution in [0.2, 0.25) is 0 Å². The third-order valence-electron chi connectivity index (χ3n) is 5.09. The number of carbonyl (C=O) groups excluding carboxylic acids is 2. The number of rotatable bonds is 5. The van der Waals surface area contributed by atoms with Crippen molar-refractivity contribution in [1.82, 2.24) is 0 Å². The maximum Gasteiger partial charge on any atom is 0.293 e. The largest absolute Gasteiger partial charge is 0.366 e. The molecule has 0 atom stereocenters. The molecule has 2 N–H and O–H groups in total. The van der Waals surface area contributed by atoms with Crippen LogP contribution in [-0.2, 0) is 4.79 Å². The van der Waals surface area contributed by atoms with Crippen molar-refractivity contribution in [3.8, 4) is 0 Å². The van der Waals surface area contributed by atoms with E-state index >= 15 is 0 Å². The Morgan fingerprint density at radius 2 is 1.83 bits per heavy atom. The minimum Gasteiger partial charge on any atom is -0.366 e. The molecule has 1 saturated heterocycles. The summed E-state index contributed by atoms with van der Waals surface area (Å²) in [7, 11) is 0.